The van der Waals surface area contributed by atoms with Crippen molar-refractivity contribution in [2.24, 2.45) is 11.5 Å². The number of imidazole rings is 1. The number of amides is 12. The van der Waals surface area contributed by atoms with Gasteiger partial charge in [-0.05, 0) is 78.3 Å². The van der Waals surface area contributed by atoms with Crippen LogP contribution in [-0.2, 0) is 106 Å². The van der Waals surface area contributed by atoms with Crippen molar-refractivity contribution >= 4 is 105 Å². The van der Waals surface area contributed by atoms with Gasteiger partial charge in [-0.2, -0.15) is 0 Å². The summed E-state index contributed by atoms with van der Waals surface area (Å²) < 4.78 is 0. The maximum absolute atomic E-state index is 15.3. The molecule has 584 valence electrons. The number of guanidine groups is 1. The van der Waals surface area contributed by atoms with Crippen molar-refractivity contribution in [2.45, 2.75) is 138 Å². The first-order chi connectivity index (χ1) is 53.1. The maximum Gasteiger partial charge on any atom is 0.373 e. The van der Waals surface area contributed by atoms with Crippen LogP contribution in [-0.4, -0.2) is 192 Å². The highest BCUT2D eigenvalue weighted by Gasteiger charge is 2.39. The number of aromatic amines is 2. The fourth-order valence-corrected chi connectivity index (χ4v) is 12.1. The third-order valence-electron chi connectivity index (χ3n) is 17.9. The molecule has 0 bridgehead atoms. The lowest BCUT2D eigenvalue weighted by Crippen LogP contribution is -2.65. The Bertz CT molecular complexity index is 4570. The van der Waals surface area contributed by atoms with E-state index in [0.29, 0.717) is 33.2 Å². The molecule has 9 rings (SSSR count). The summed E-state index contributed by atoms with van der Waals surface area (Å²) in [7, 11) is 0. The van der Waals surface area contributed by atoms with E-state index < -0.39 is 187 Å². The van der Waals surface area contributed by atoms with Crippen LogP contribution in [0.25, 0.3) is 10.9 Å². The highest BCUT2D eigenvalue weighted by molar-refractivity contribution is 6.35. The number of nitrogens with zero attached hydrogens (tertiary/aromatic N) is 1. The summed E-state index contributed by atoms with van der Waals surface area (Å²) in [5.74, 6) is -17.7. The molecule has 12 amide bonds. The fraction of sp³-hybridized carbons (Fsp3) is 0.315. The number of rotatable bonds is 24. The molecule has 11 atom stereocenters. The molecule has 0 saturated carbocycles. The van der Waals surface area contributed by atoms with E-state index in [9.17, 15) is 58.5 Å². The molecule has 38 heteroatoms. The number of anilines is 1. The van der Waals surface area contributed by atoms with Crippen LogP contribution in [0.1, 0.15) is 66.1 Å². The van der Waals surface area contributed by atoms with Gasteiger partial charge in [0.15, 0.2) is 12.1 Å². The van der Waals surface area contributed by atoms with Gasteiger partial charge in [0.1, 0.15) is 71.9 Å². The van der Waals surface area contributed by atoms with Crippen molar-refractivity contribution < 1.29 is 82.4 Å². The van der Waals surface area contributed by atoms with Crippen molar-refractivity contribution in [3.05, 3.63) is 180 Å². The van der Waals surface area contributed by atoms with Crippen LogP contribution >= 0.6 is 0 Å². The first kappa shape index (κ1) is 81.5. The Morgan fingerprint density at radius 3 is 1.74 bits per heavy atom. The van der Waals surface area contributed by atoms with Gasteiger partial charge in [0, 0.05) is 79.4 Å². The number of aliphatic carboxylic acids is 1. The van der Waals surface area contributed by atoms with Gasteiger partial charge in [0.2, 0.25) is 65.0 Å². The van der Waals surface area contributed by atoms with Gasteiger partial charge in [-0.1, -0.05) is 97.1 Å². The molecule has 0 aliphatic carbocycles. The third-order valence-corrected chi connectivity index (χ3v) is 17.9. The van der Waals surface area contributed by atoms with E-state index in [0.717, 1.165) is 0 Å². The molecule has 2 aliphatic rings. The van der Waals surface area contributed by atoms with Gasteiger partial charge in [0.05, 0.1) is 19.2 Å². The van der Waals surface area contributed by atoms with Crippen molar-refractivity contribution in [3.63, 3.8) is 0 Å². The zero-order chi connectivity index (χ0) is 79.8. The molecular weight excluding hydrogens is 1440 g/mol. The molecule has 4 heterocycles. The summed E-state index contributed by atoms with van der Waals surface area (Å²) in [6.45, 7) is 1.14. The highest BCUT2D eigenvalue weighted by atomic mass is 16.4. The number of Topliss-reactive ketones (excluding diaryl/α,β-unsaturated/α-hetero) is 1. The molecule has 7 aromatic rings. The number of carboxylic acids is 1. The smallest absolute Gasteiger partial charge is 0.373 e. The number of nitrogens with two attached hydrogens (primary N) is 2. The first-order valence-corrected chi connectivity index (χ1v) is 35.1. The van der Waals surface area contributed by atoms with Crippen LogP contribution in [0.4, 0.5) is 5.69 Å². The molecule has 2 aliphatic heterocycles. The highest BCUT2D eigenvalue weighted by Crippen LogP contribution is 2.27. The number of phenolic OH excluding ortho intramolecular Hbond substituents is 2. The predicted molar refractivity (Wildman–Crippen MR) is 395 cm³/mol. The monoisotopic (exact) mass is 1530 g/mol. The average molecular weight is 1530 g/mol. The Labute approximate surface area is 632 Å². The third kappa shape index (κ3) is 23.9. The minimum Gasteiger partial charge on any atom is -0.508 e. The average Bonchev–Trinajstić information content (AvgIpc) is 1.80. The Kier molecular flexibility index (Phi) is 28.5. The van der Waals surface area contributed by atoms with Gasteiger partial charge in [0.25, 0.3) is 11.7 Å². The van der Waals surface area contributed by atoms with E-state index in [1.807, 2.05) is 0 Å². The summed E-state index contributed by atoms with van der Waals surface area (Å²) in [6, 6.07) is 15.5. The van der Waals surface area contributed by atoms with Crippen LogP contribution in [0.3, 0.4) is 0 Å². The molecule has 0 radical (unpaired) electrons. The molecule has 38 nitrogen and oxygen atoms in total. The van der Waals surface area contributed by atoms with Crippen LogP contribution < -0.4 is 91.7 Å². The summed E-state index contributed by atoms with van der Waals surface area (Å²) in [4.78, 5) is 212. The normalized spacial score (nSPS) is 21.7. The van der Waals surface area contributed by atoms with E-state index in [1.54, 1.807) is 91.1 Å². The van der Waals surface area contributed by atoms with Crippen LogP contribution in [0.5, 0.6) is 11.5 Å². The Hall–Kier alpha value is -13.6. The van der Waals surface area contributed by atoms with E-state index in [-0.39, 0.29) is 67.1 Å². The van der Waals surface area contributed by atoms with E-state index in [2.05, 4.69) is 95.1 Å². The molecule has 2 aromatic heterocycles. The quantitative estimate of drug-likeness (QED) is 0.00901. The molecule has 111 heavy (non-hydrogen) atoms. The molecule has 1 fully saturated rings. The van der Waals surface area contributed by atoms with Crippen molar-refractivity contribution in [3.8, 4) is 11.5 Å². The summed E-state index contributed by atoms with van der Waals surface area (Å²) >= 11 is 0. The number of ketones is 1. The fourth-order valence-electron chi connectivity index (χ4n) is 12.1. The number of H-pyrrole nitrogens is 2. The number of benzene rings is 5. The van der Waals surface area contributed by atoms with Crippen LogP contribution in [0, 0.1) is 5.41 Å². The zero-order valence-corrected chi connectivity index (χ0v) is 59.6. The molecule has 25 N–H and O–H groups in total. The van der Waals surface area contributed by atoms with Gasteiger partial charge in [-0.15, -0.1) is 0 Å². The Morgan fingerprint density at radius 1 is 0.568 bits per heavy atom. The number of hydrogen-bond donors (Lipinski definition) is 23. The number of primary amides is 1. The van der Waals surface area contributed by atoms with Gasteiger partial charge < -0.3 is 95.2 Å². The second-order valence-electron chi connectivity index (χ2n) is 26.3. The minimum atomic E-state index is -2.34. The second-order valence-corrected chi connectivity index (χ2v) is 26.3. The molecule has 1 unspecified atom stereocenters. The van der Waals surface area contributed by atoms with Crippen molar-refractivity contribution in [2.75, 3.05) is 11.9 Å². The number of phenols is 2. The number of nitrogens with one attached hydrogen (secondary N) is 18. The van der Waals surface area contributed by atoms with Gasteiger partial charge >= 0.3 is 5.97 Å². The SMILES string of the molecule is C[C@@H]1NC(=O)[C@@H](CC(N)=O)NC(=O)[C@H](Cc2c[nH]c3ccccc23)NC(=O)[C@@H](CCCNC(=N)N)NC(=O)[C@H](Cc2ccccc2)NC(=O)[C@@H](Cc2cnc[nH]2)NC(=O)[C@H](NN[C@H]2Cc3ccc(O)cc3NC2=O)CC(=O)NC(C(=O)NN[C@@H](Cc2ccc(O)cc2)C(=O)C(=O)O)NC(=O)[C@@H](Cc2ccccc2)NC1=O. The number of aromatic hydroxyl groups is 2. The number of hydrogen-bond acceptors (Lipinski definition) is 21. The largest absolute Gasteiger partial charge is 0.508 e. The van der Waals surface area contributed by atoms with Crippen molar-refractivity contribution in [1.29, 1.82) is 5.41 Å². The minimum absolute atomic E-state index is 0.0200. The Morgan fingerprint density at radius 2 is 1.12 bits per heavy atom. The summed E-state index contributed by atoms with van der Waals surface area (Å²) in [5.41, 5.74) is 24.3. The van der Waals surface area contributed by atoms with Gasteiger partial charge in [-0.3, -0.25) is 73.2 Å². The lowest BCUT2D eigenvalue weighted by atomic mass is 9.99. The van der Waals surface area contributed by atoms with Gasteiger partial charge in [-0.25, -0.2) is 26.1 Å². The molecule has 0 spiro atoms. The van der Waals surface area contributed by atoms with E-state index >= 15 is 24.0 Å². The zero-order valence-electron chi connectivity index (χ0n) is 59.6. The number of carbonyl (C=O) groups is 14. The van der Waals surface area contributed by atoms with Crippen molar-refractivity contribution in [1.82, 2.24) is 89.8 Å². The summed E-state index contributed by atoms with van der Waals surface area (Å²) in [5, 5.41) is 66.4. The lowest BCUT2D eigenvalue weighted by Gasteiger charge is -2.30. The van der Waals surface area contributed by atoms with Crippen LogP contribution in [0.2, 0.25) is 0 Å². The van der Waals surface area contributed by atoms with E-state index in [4.69, 9.17) is 16.9 Å². The second kappa shape index (κ2) is 38.8. The number of fused-ring (bicyclic) bond motifs is 2. The van der Waals surface area contributed by atoms with E-state index in [1.165, 1.54) is 61.9 Å². The lowest BCUT2D eigenvalue weighted by molar-refractivity contribution is -0.150. The first-order valence-electron chi connectivity index (χ1n) is 35.1. The standard InChI is InChI=1S/C73H85N21O17/c1-37-62(100)84-52(27-39-13-6-3-7-14-39)68(106)90-61(71(109)94-91-50(60(99)72(110)111)25-40-18-21-44(95)22-19-40)89-59(98)33-57(93-92-56-28-41-20-23-45(96)31-49(41)83-69(56)107)70(108)87-54(30-43-35-77-36-80-43)67(105)85-51(26-38-11-4-2-5-12-38)65(103)82-48(17-10-24-78-73(75)76)63(101)86-53(29-42-34-79-47-16-9-8-15-46(42)47)66(104)88-55(32-58(74)97)64(102)81-37/h2-9,11-16,18-23,31,34-37,48,50-57,61,79,91-93,95-96H,10,17,24-30,32-33H2,1H3,(H2,74,97)(H,77,80)(H,81,102)(H,82,103)(H,83,107)(H,84,100)(H,85,105)(H,86,101)(H,87,108)(H,88,104)(H,89,98)(H,90,106)(H,94,109)(H,110,111)(H4,75,76,78)/t37-,48+,50-,51-,52+,53-,54+,55+,56-,57+,61?/m0/s1. The number of carboxylic acid groups (broad SMARTS) is 1. The van der Waals surface area contributed by atoms with Crippen LogP contribution in [0.15, 0.2) is 146 Å². The number of hydrazine groups is 2. The molecule has 1 saturated heterocycles. The summed E-state index contributed by atoms with van der Waals surface area (Å²) in [6.07, 6.45) is -2.37. The Balaban J connectivity index is 1.13. The predicted octanol–water partition coefficient (Wildman–Crippen LogP) is -4.00. The topological polar surface area (TPSA) is 600 Å². The molecular formula is C73H85N21O17. The molecule has 5 aromatic carbocycles. The number of aromatic nitrogens is 3. The number of para-hydroxylation sites is 1. The number of carbonyl (C=O) groups excluding carboxylic acids is 13. The maximum atomic E-state index is 15.3.